The maximum atomic E-state index is 11.5. The van der Waals surface area contributed by atoms with Crippen LogP contribution in [0.3, 0.4) is 0 Å². The van der Waals surface area contributed by atoms with E-state index in [0.717, 1.165) is 22.3 Å². The maximum absolute atomic E-state index is 11.5. The minimum Gasteiger partial charge on any atom is -0.497 e. The number of nitrogens with zero attached hydrogens (tertiary/aromatic N) is 4. The number of para-hydroxylation sites is 1. The van der Waals surface area contributed by atoms with Crippen molar-refractivity contribution in [2.24, 2.45) is 0 Å². The third-order valence-corrected chi connectivity index (χ3v) is 4.86. The lowest BCUT2D eigenvalue weighted by Gasteiger charge is -2.13. The van der Waals surface area contributed by atoms with Crippen molar-refractivity contribution in [2.45, 2.75) is 13.8 Å². The zero-order valence-electron chi connectivity index (χ0n) is 17.4. The monoisotopic (exact) mass is 412 g/mol. The molecule has 0 amide bonds. The first-order valence-electron chi connectivity index (χ1n) is 9.69. The highest BCUT2D eigenvalue weighted by atomic mass is 16.5. The molecule has 0 fully saturated rings. The van der Waals surface area contributed by atoms with Crippen LogP contribution in [-0.2, 0) is 4.79 Å². The summed E-state index contributed by atoms with van der Waals surface area (Å²) < 4.78 is 12.6. The van der Waals surface area contributed by atoms with Crippen LogP contribution in [-0.4, -0.2) is 34.3 Å². The van der Waals surface area contributed by atoms with Gasteiger partial charge in [0.2, 0.25) is 5.88 Å². The number of carbonyl (C=O) groups excluding carboxylic acids is 1. The van der Waals surface area contributed by atoms with Gasteiger partial charge in [-0.15, -0.1) is 0 Å². The normalized spacial score (nSPS) is 10.6. The zero-order valence-corrected chi connectivity index (χ0v) is 17.4. The number of aryl methyl sites for hydroxylation is 1. The molecule has 4 rings (SSSR count). The maximum Gasteiger partial charge on any atom is 0.234 e. The number of hydrogen-bond donors (Lipinski definition) is 0. The molecule has 0 spiro atoms. The molecule has 7 heteroatoms. The van der Waals surface area contributed by atoms with Crippen LogP contribution >= 0.6 is 0 Å². The van der Waals surface area contributed by atoms with Gasteiger partial charge >= 0.3 is 0 Å². The number of hydrogen-bond acceptors (Lipinski definition) is 6. The molecular formula is C24H20N4O3. The molecule has 2 heterocycles. The first-order valence-corrected chi connectivity index (χ1v) is 9.69. The average Bonchev–Trinajstić information content (AvgIpc) is 3.13. The van der Waals surface area contributed by atoms with Crippen LogP contribution < -0.4 is 9.47 Å². The summed E-state index contributed by atoms with van der Waals surface area (Å²) >= 11 is 0. The number of carbonyl (C=O) groups is 1. The molecule has 4 aromatic rings. The summed E-state index contributed by atoms with van der Waals surface area (Å²) in [5.74, 6) is 0.648. The van der Waals surface area contributed by atoms with Crippen LogP contribution in [0.25, 0.3) is 27.8 Å². The number of ketones is 1. The Bertz CT molecular complexity index is 1300. The summed E-state index contributed by atoms with van der Waals surface area (Å²) in [5.41, 5.74) is 3.83. The summed E-state index contributed by atoms with van der Waals surface area (Å²) in [6.45, 7) is 3.13. The van der Waals surface area contributed by atoms with Gasteiger partial charge in [-0.1, -0.05) is 30.3 Å². The highest BCUT2D eigenvalue weighted by Gasteiger charge is 2.24. The number of nitriles is 1. The van der Waals surface area contributed by atoms with Crippen molar-refractivity contribution in [3.63, 3.8) is 0 Å². The smallest absolute Gasteiger partial charge is 0.234 e. The van der Waals surface area contributed by atoms with Crippen molar-refractivity contribution in [3.05, 3.63) is 65.9 Å². The van der Waals surface area contributed by atoms with Crippen molar-refractivity contribution in [1.82, 2.24) is 14.8 Å². The van der Waals surface area contributed by atoms with Gasteiger partial charge < -0.3 is 9.47 Å². The number of methoxy groups -OCH3 is 1. The van der Waals surface area contributed by atoms with Crippen LogP contribution in [0.1, 0.15) is 18.2 Å². The molecule has 0 unspecified atom stereocenters. The van der Waals surface area contributed by atoms with Crippen molar-refractivity contribution in [2.75, 3.05) is 13.7 Å². The van der Waals surface area contributed by atoms with Crippen molar-refractivity contribution in [3.8, 4) is 34.5 Å². The summed E-state index contributed by atoms with van der Waals surface area (Å²) in [7, 11) is 1.60. The van der Waals surface area contributed by atoms with Gasteiger partial charge in [0.05, 0.1) is 23.9 Å². The number of fused-ring (bicyclic) bond motifs is 1. The second-order valence-corrected chi connectivity index (χ2v) is 7.03. The molecule has 0 aliphatic heterocycles. The van der Waals surface area contributed by atoms with Crippen LogP contribution in [0.5, 0.6) is 11.6 Å². The Morgan fingerprint density at radius 1 is 1.13 bits per heavy atom. The standard InChI is InChI=1S/C24H20N4O3/c1-15(29)14-31-24-20(13-25)22(17-9-11-19(30-3)12-10-17)21-16(2)27-28(23(21)26-24)18-7-5-4-6-8-18/h4-12H,14H2,1-3H3. The molecule has 0 saturated carbocycles. The van der Waals surface area contributed by atoms with Gasteiger partial charge in [0.25, 0.3) is 0 Å². The molecule has 2 aromatic carbocycles. The molecular weight excluding hydrogens is 392 g/mol. The molecule has 0 radical (unpaired) electrons. The number of Topliss-reactive ketones (excluding diaryl/α,β-unsaturated/α-hetero) is 1. The second-order valence-electron chi connectivity index (χ2n) is 7.03. The quantitative estimate of drug-likeness (QED) is 0.470. The van der Waals surface area contributed by atoms with Crippen molar-refractivity contribution < 1.29 is 14.3 Å². The van der Waals surface area contributed by atoms with Crippen LogP contribution in [0, 0.1) is 18.3 Å². The molecule has 0 saturated heterocycles. The topological polar surface area (TPSA) is 90.0 Å². The predicted molar refractivity (Wildman–Crippen MR) is 116 cm³/mol. The van der Waals surface area contributed by atoms with E-state index < -0.39 is 0 Å². The predicted octanol–water partition coefficient (Wildman–Crippen LogP) is 4.24. The van der Waals surface area contributed by atoms with E-state index in [2.05, 4.69) is 16.2 Å². The number of pyridine rings is 1. The van der Waals surface area contributed by atoms with Crippen molar-refractivity contribution >= 4 is 16.8 Å². The van der Waals surface area contributed by atoms with E-state index in [1.54, 1.807) is 11.8 Å². The fraction of sp³-hybridized carbons (Fsp3) is 0.167. The fourth-order valence-corrected chi connectivity index (χ4v) is 3.47. The van der Waals surface area contributed by atoms with E-state index in [1.165, 1.54) is 6.92 Å². The third-order valence-electron chi connectivity index (χ3n) is 4.86. The number of aromatic nitrogens is 3. The highest BCUT2D eigenvalue weighted by molar-refractivity contribution is 5.99. The molecule has 2 aromatic heterocycles. The van der Waals surface area contributed by atoms with E-state index in [1.807, 2.05) is 61.5 Å². The lowest BCUT2D eigenvalue weighted by atomic mass is 9.97. The number of benzene rings is 2. The first kappa shape index (κ1) is 20.1. The Kier molecular flexibility index (Phi) is 5.37. The van der Waals surface area contributed by atoms with E-state index in [9.17, 15) is 10.1 Å². The van der Waals surface area contributed by atoms with Crippen LogP contribution in [0.15, 0.2) is 54.6 Å². The van der Waals surface area contributed by atoms with Gasteiger partial charge in [-0.25, -0.2) is 4.68 Å². The van der Waals surface area contributed by atoms with Crippen molar-refractivity contribution in [1.29, 1.82) is 5.26 Å². The Labute approximate surface area is 179 Å². The molecule has 0 bridgehead atoms. The van der Waals surface area contributed by atoms with E-state index in [0.29, 0.717) is 17.0 Å². The third kappa shape index (κ3) is 3.71. The van der Waals surface area contributed by atoms with Gasteiger partial charge in [0, 0.05) is 5.56 Å². The van der Waals surface area contributed by atoms with Gasteiger partial charge in [-0.3, -0.25) is 4.79 Å². The molecule has 0 N–H and O–H groups in total. The fourth-order valence-electron chi connectivity index (χ4n) is 3.47. The van der Waals surface area contributed by atoms with E-state index in [4.69, 9.17) is 9.47 Å². The second kappa shape index (κ2) is 8.28. The molecule has 7 nitrogen and oxygen atoms in total. The molecule has 154 valence electrons. The van der Waals surface area contributed by atoms with Gasteiger partial charge in [-0.2, -0.15) is 15.3 Å². The van der Waals surface area contributed by atoms with Crippen LogP contribution in [0.4, 0.5) is 0 Å². The summed E-state index contributed by atoms with van der Waals surface area (Å²) in [4.78, 5) is 16.1. The Morgan fingerprint density at radius 2 is 1.84 bits per heavy atom. The van der Waals surface area contributed by atoms with Gasteiger partial charge in [-0.05, 0) is 43.7 Å². The van der Waals surface area contributed by atoms with Gasteiger partial charge in [0.1, 0.15) is 24.0 Å². The number of ether oxygens (including phenoxy) is 2. The van der Waals surface area contributed by atoms with Gasteiger partial charge in [0.15, 0.2) is 11.4 Å². The molecule has 0 atom stereocenters. The minimum absolute atomic E-state index is 0.105. The average molecular weight is 412 g/mol. The Morgan fingerprint density at radius 3 is 2.45 bits per heavy atom. The molecule has 0 aliphatic carbocycles. The summed E-state index contributed by atoms with van der Waals surface area (Å²) in [6, 6.07) is 19.2. The minimum atomic E-state index is -0.173. The Balaban J connectivity index is 2.06. The first-order chi connectivity index (χ1) is 15.0. The lowest BCUT2D eigenvalue weighted by Crippen LogP contribution is -2.10. The summed E-state index contributed by atoms with van der Waals surface area (Å²) in [6.07, 6.45) is 0. The SMILES string of the molecule is COc1ccc(-c2c(C#N)c(OCC(C)=O)nc3c2c(C)nn3-c2ccccc2)cc1. The largest absolute Gasteiger partial charge is 0.497 e. The summed E-state index contributed by atoms with van der Waals surface area (Å²) in [5, 5.41) is 15.4. The van der Waals surface area contributed by atoms with E-state index >= 15 is 0 Å². The highest BCUT2D eigenvalue weighted by Crippen LogP contribution is 2.38. The lowest BCUT2D eigenvalue weighted by molar-refractivity contribution is -0.119. The number of rotatable bonds is 6. The molecule has 31 heavy (non-hydrogen) atoms. The zero-order chi connectivity index (χ0) is 22.0. The van der Waals surface area contributed by atoms with E-state index in [-0.39, 0.29) is 23.8 Å². The molecule has 0 aliphatic rings. The Hall–Kier alpha value is -4.18. The van der Waals surface area contributed by atoms with Crippen LogP contribution in [0.2, 0.25) is 0 Å².